The molecule has 2 aliphatic rings. The normalized spacial score (nSPS) is 18.1. The average Bonchev–Trinajstić information content (AvgIpc) is 2.72. The highest BCUT2D eigenvalue weighted by Gasteiger charge is 2.26. The molecule has 0 spiro atoms. The largest absolute Gasteiger partial charge is 0.358 e. The third-order valence-corrected chi connectivity index (χ3v) is 6.01. The summed E-state index contributed by atoms with van der Waals surface area (Å²) < 4.78 is 2.76. The molecule has 28 heavy (non-hydrogen) atoms. The first kappa shape index (κ1) is 20.4. The lowest BCUT2D eigenvalue weighted by molar-refractivity contribution is -0.125. The van der Waals surface area contributed by atoms with E-state index in [0.717, 1.165) is 30.4 Å². The fraction of sp³-hybridized carbons (Fsp3) is 0.667. The molecule has 1 aliphatic carbocycles. The fourth-order valence-electron chi connectivity index (χ4n) is 4.21. The number of rotatable bonds is 6. The number of piperidine rings is 1. The minimum Gasteiger partial charge on any atom is -0.358 e. The number of nitrogens with one attached hydrogen (secondary N) is 1. The lowest BCUT2D eigenvalue weighted by atomic mass is 9.95. The van der Waals surface area contributed by atoms with Crippen molar-refractivity contribution < 1.29 is 4.79 Å². The first-order chi connectivity index (χ1) is 13.5. The number of carbonyl (C=O) groups excluding carboxylic acids is 1. The van der Waals surface area contributed by atoms with E-state index in [1.807, 2.05) is 6.92 Å². The Kier molecular flexibility index (Phi) is 6.75. The van der Waals surface area contributed by atoms with Crippen molar-refractivity contribution >= 4 is 11.7 Å². The molecule has 1 aliphatic heterocycles. The third kappa shape index (κ3) is 4.56. The van der Waals surface area contributed by atoms with Crippen LogP contribution in [0.4, 0.5) is 5.82 Å². The molecule has 0 saturated carbocycles. The van der Waals surface area contributed by atoms with E-state index in [1.165, 1.54) is 44.4 Å². The van der Waals surface area contributed by atoms with Gasteiger partial charge in [-0.25, -0.2) is 4.79 Å². The number of nitrogens with zero attached hydrogens (tertiary/aromatic N) is 3. The lowest BCUT2D eigenvalue weighted by Gasteiger charge is -2.34. The number of anilines is 1. The van der Waals surface area contributed by atoms with E-state index >= 15 is 0 Å². The predicted molar refractivity (Wildman–Crippen MR) is 111 cm³/mol. The number of hydrogen-bond donors (Lipinski definition) is 1. The standard InChI is InChI=1S/C21H32N4O3/c1-3-25-18(15-19(26)23(2)21(25)28)24-13-10-17(11-14-24)20(27)22-12-9-16-7-5-4-6-8-16/h7,15,17H,3-6,8-14H2,1-2H3,(H,22,27). The molecule has 1 aromatic heterocycles. The quantitative estimate of drug-likeness (QED) is 0.754. The highest BCUT2D eigenvalue weighted by molar-refractivity contribution is 5.79. The van der Waals surface area contributed by atoms with Crippen LogP contribution < -0.4 is 21.5 Å². The first-order valence-corrected chi connectivity index (χ1v) is 10.5. The molecule has 1 N–H and O–H groups in total. The summed E-state index contributed by atoms with van der Waals surface area (Å²) in [7, 11) is 1.50. The van der Waals surface area contributed by atoms with Gasteiger partial charge in [0, 0.05) is 45.2 Å². The second-order valence-electron chi connectivity index (χ2n) is 7.84. The molecule has 0 aromatic carbocycles. The number of hydrogen-bond acceptors (Lipinski definition) is 4. The van der Waals surface area contributed by atoms with Gasteiger partial charge in [-0.05, 0) is 51.9 Å². The SMILES string of the molecule is CCn1c(N2CCC(C(=O)NCCC3=CCCCC3)CC2)cc(=O)n(C)c1=O. The van der Waals surface area contributed by atoms with Crippen molar-refractivity contribution in [3.8, 4) is 0 Å². The van der Waals surface area contributed by atoms with Crippen LogP contribution in [-0.4, -0.2) is 34.7 Å². The zero-order chi connectivity index (χ0) is 20.1. The number of carbonyl (C=O) groups is 1. The van der Waals surface area contributed by atoms with E-state index < -0.39 is 0 Å². The summed E-state index contributed by atoms with van der Waals surface area (Å²) in [5.41, 5.74) is 0.896. The van der Waals surface area contributed by atoms with E-state index in [2.05, 4.69) is 16.3 Å². The maximum Gasteiger partial charge on any atom is 0.332 e. The Morgan fingerprint density at radius 3 is 2.61 bits per heavy atom. The molecular weight excluding hydrogens is 356 g/mol. The zero-order valence-corrected chi connectivity index (χ0v) is 17.1. The van der Waals surface area contributed by atoms with Gasteiger partial charge in [0.2, 0.25) is 5.91 Å². The Balaban J connectivity index is 1.54. The van der Waals surface area contributed by atoms with Gasteiger partial charge in [-0.15, -0.1) is 0 Å². The van der Waals surface area contributed by atoms with Crippen LogP contribution in [0.3, 0.4) is 0 Å². The minimum absolute atomic E-state index is 0.00456. The molecule has 154 valence electrons. The molecular formula is C21H32N4O3. The molecule has 3 rings (SSSR count). The van der Waals surface area contributed by atoms with Crippen LogP contribution >= 0.6 is 0 Å². The second-order valence-corrected chi connectivity index (χ2v) is 7.84. The minimum atomic E-state index is -0.290. The van der Waals surface area contributed by atoms with Gasteiger partial charge in [0.15, 0.2) is 0 Å². The van der Waals surface area contributed by atoms with Crippen LogP contribution in [0, 0.1) is 5.92 Å². The third-order valence-electron chi connectivity index (χ3n) is 6.01. The maximum absolute atomic E-state index is 12.5. The molecule has 7 heteroatoms. The molecule has 1 aromatic rings. The first-order valence-electron chi connectivity index (χ1n) is 10.5. The van der Waals surface area contributed by atoms with Crippen molar-refractivity contribution in [2.24, 2.45) is 13.0 Å². The molecule has 0 bridgehead atoms. The van der Waals surface area contributed by atoms with Crippen molar-refractivity contribution in [1.29, 1.82) is 0 Å². The summed E-state index contributed by atoms with van der Waals surface area (Å²) in [6.07, 6.45) is 9.66. The van der Waals surface area contributed by atoms with Crippen LogP contribution in [0.25, 0.3) is 0 Å². The molecule has 1 amide bonds. The van der Waals surface area contributed by atoms with Crippen molar-refractivity contribution in [2.45, 2.75) is 58.4 Å². The van der Waals surface area contributed by atoms with Crippen molar-refractivity contribution in [1.82, 2.24) is 14.5 Å². The van der Waals surface area contributed by atoms with Crippen molar-refractivity contribution in [3.63, 3.8) is 0 Å². The van der Waals surface area contributed by atoms with Crippen molar-refractivity contribution in [3.05, 3.63) is 38.6 Å². The molecule has 1 saturated heterocycles. The van der Waals surface area contributed by atoms with E-state index in [4.69, 9.17) is 0 Å². The Bertz CT molecular complexity index is 844. The van der Waals surface area contributed by atoms with Crippen LogP contribution in [0.5, 0.6) is 0 Å². The monoisotopic (exact) mass is 388 g/mol. The fourth-order valence-corrected chi connectivity index (χ4v) is 4.21. The van der Waals surface area contributed by atoms with Crippen LogP contribution in [0.15, 0.2) is 27.3 Å². The Hall–Kier alpha value is -2.31. The van der Waals surface area contributed by atoms with Gasteiger partial charge in [0.05, 0.1) is 0 Å². The average molecular weight is 389 g/mol. The Labute approximate surface area is 166 Å². The Morgan fingerprint density at radius 2 is 1.96 bits per heavy atom. The summed E-state index contributed by atoms with van der Waals surface area (Å²) in [6.45, 7) is 4.48. The summed E-state index contributed by atoms with van der Waals surface area (Å²) in [5.74, 6) is 0.802. The number of aromatic nitrogens is 2. The van der Waals surface area contributed by atoms with Gasteiger partial charge in [0.1, 0.15) is 5.82 Å². The summed E-state index contributed by atoms with van der Waals surface area (Å²) in [5, 5.41) is 3.10. The molecule has 1 fully saturated rings. The van der Waals surface area contributed by atoms with Gasteiger partial charge in [0.25, 0.3) is 5.56 Å². The van der Waals surface area contributed by atoms with Gasteiger partial charge >= 0.3 is 5.69 Å². The van der Waals surface area contributed by atoms with Crippen LogP contribution in [0.2, 0.25) is 0 Å². The highest BCUT2D eigenvalue weighted by atomic mass is 16.2. The Morgan fingerprint density at radius 1 is 1.21 bits per heavy atom. The smallest absolute Gasteiger partial charge is 0.332 e. The molecule has 0 unspecified atom stereocenters. The highest BCUT2D eigenvalue weighted by Crippen LogP contribution is 2.23. The van der Waals surface area contributed by atoms with Gasteiger partial charge in [-0.2, -0.15) is 0 Å². The van der Waals surface area contributed by atoms with Crippen molar-refractivity contribution in [2.75, 3.05) is 24.5 Å². The maximum atomic E-state index is 12.5. The molecule has 7 nitrogen and oxygen atoms in total. The van der Waals surface area contributed by atoms with E-state index in [9.17, 15) is 14.4 Å². The van der Waals surface area contributed by atoms with Crippen LogP contribution in [-0.2, 0) is 18.4 Å². The zero-order valence-electron chi connectivity index (χ0n) is 17.1. The predicted octanol–water partition coefficient (Wildman–Crippen LogP) is 1.79. The molecule has 0 atom stereocenters. The van der Waals surface area contributed by atoms with Gasteiger partial charge in [-0.3, -0.25) is 18.7 Å². The second kappa shape index (κ2) is 9.26. The summed E-state index contributed by atoms with van der Waals surface area (Å²) >= 11 is 0. The van der Waals surface area contributed by atoms with Gasteiger partial charge in [-0.1, -0.05) is 11.6 Å². The number of allylic oxidation sites excluding steroid dienone is 1. The van der Waals surface area contributed by atoms with E-state index in [-0.39, 0.29) is 23.1 Å². The van der Waals surface area contributed by atoms with Crippen LogP contribution in [0.1, 0.15) is 51.9 Å². The summed E-state index contributed by atoms with van der Waals surface area (Å²) in [6, 6.07) is 1.53. The lowest BCUT2D eigenvalue weighted by Crippen LogP contribution is -2.45. The molecule has 0 radical (unpaired) electrons. The topological polar surface area (TPSA) is 76.3 Å². The van der Waals surface area contributed by atoms with Gasteiger partial charge < -0.3 is 10.2 Å². The molecule has 2 heterocycles. The number of amides is 1. The van der Waals surface area contributed by atoms with E-state index in [0.29, 0.717) is 25.5 Å². The van der Waals surface area contributed by atoms with E-state index in [1.54, 1.807) is 4.57 Å². The summed E-state index contributed by atoms with van der Waals surface area (Å²) in [4.78, 5) is 38.9.